The number of carbonyl (C=O) groups is 1. The van der Waals surface area contributed by atoms with E-state index in [1.807, 2.05) is 49.3 Å². The van der Waals surface area contributed by atoms with Gasteiger partial charge in [-0.15, -0.1) is 11.3 Å². The zero-order valence-electron chi connectivity index (χ0n) is 15.8. The van der Waals surface area contributed by atoms with E-state index in [-0.39, 0.29) is 11.3 Å². The van der Waals surface area contributed by atoms with Crippen molar-refractivity contribution in [3.8, 4) is 0 Å². The second-order valence-corrected chi connectivity index (χ2v) is 8.61. The molecule has 140 valence electrons. The van der Waals surface area contributed by atoms with Crippen LogP contribution in [-0.2, 0) is 5.41 Å². The molecule has 2 N–H and O–H groups in total. The van der Waals surface area contributed by atoms with Crippen LogP contribution >= 0.6 is 11.3 Å². The van der Waals surface area contributed by atoms with E-state index in [9.17, 15) is 9.90 Å². The number of nitrogens with zero attached hydrogens (tertiary/aromatic N) is 1. The van der Waals surface area contributed by atoms with Crippen LogP contribution in [0.4, 0.5) is 5.69 Å². The van der Waals surface area contributed by atoms with Crippen LogP contribution in [0.2, 0.25) is 0 Å². The number of aliphatic hydroxyl groups is 1. The smallest absolute Gasteiger partial charge is 0.251 e. The fraction of sp³-hybridized carbons (Fsp3) is 0.476. The Labute approximate surface area is 159 Å². The molecule has 4 nitrogen and oxygen atoms in total. The SMILES string of the molecule is CC(O)c1ccc(C2(CNC(=O)c3cccc(N(C)C)c3)CCCC2)s1. The van der Waals surface area contributed by atoms with Gasteiger partial charge in [0.1, 0.15) is 0 Å². The van der Waals surface area contributed by atoms with E-state index in [4.69, 9.17) is 0 Å². The van der Waals surface area contributed by atoms with E-state index in [1.165, 1.54) is 17.7 Å². The Morgan fingerprint density at radius 3 is 2.62 bits per heavy atom. The molecule has 1 saturated carbocycles. The largest absolute Gasteiger partial charge is 0.388 e. The molecule has 0 aliphatic heterocycles. The molecule has 0 radical (unpaired) electrons. The summed E-state index contributed by atoms with van der Waals surface area (Å²) in [7, 11) is 3.95. The van der Waals surface area contributed by atoms with Gasteiger partial charge in [0, 0.05) is 47.1 Å². The molecule has 0 bridgehead atoms. The Hall–Kier alpha value is -1.85. The Balaban J connectivity index is 1.74. The molecule has 1 heterocycles. The summed E-state index contributed by atoms with van der Waals surface area (Å²) >= 11 is 1.68. The summed E-state index contributed by atoms with van der Waals surface area (Å²) in [6.07, 6.45) is 4.12. The van der Waals surface area contributed by atoms with Gasteiger partial charge in [0.15, 0.2) is 0 Å². The number of anilines is 1. The number of hydrogen-bond acceptors (Lipinski definition) is 4. The molecule has 0 saturated heterocycles. The minimum Gasteiger partial charge on any atom is -0.388 e. The van der Waals surface area contributed by atoms with Crippen molar-refractivity contribution in [1.82, 2.24) is 5.32 Å². The number of nitrogens with one attached hydrogen (secondary N) is 1. The number of hydrogen-bond donors (Lipinski definition) is 2. The standard InChI is InChI=1S/C21H28N2O2S/c1-15(24)18-9-10-19(26-18)21(11-4-5-12-21)14-22-20(25)16-7-6-8-17(13-16)23(2)3/h6-10,13,15,24H,4-5,11-12,14H2,1-3H3,(H,22,25). The van der Waals surface area contributed by atoms with Crippen molar-refractivity contribution in [3.05, 3.63) is 51.7 Å². The average Bonchev–Trinajstić information content (AvgIpc) is 3.30. The van der Waals surface area contributed by atoms with E-state index in [0.29, 0.717) is 12.1 Å². The van der Waals surface area contributed by atoms with E-state index >= 15 is 0 Å². The number of benzene rings is 1. The summed E-state index contributed by atoms with van der Waals surface area (Å²) in [6.45, 7) is 2.45. The Kier molecular flexibility index (Phi) is 5.68. The lowest BCUT2D eigenvalue weighted by Crippen LogP contribution is -2.38. The average molecular weight is 373 g/mol. The van der Waals surface area contributed by atoms with Crippen molar-refractivity contribution in [3.63, 3.8) is 0 Å². The van der Waals surface area contributed by atoms with Gasteiger partial charge in [0.2, 0.25) is 0 Å². The molecule has 1 unspecified atom stereocenters. The number of carbonyl (C=O) groups excluding carboxylic acids is 1. The molecule has 26 heavy (non-hydrogen) atoms. The molecule has 1 aliphatic rings. The minimum atomic E-state index is -0.435. The summed E-state index contributed by atoms with van der Waals surface area (Å²) in [5, 5.41) is 13.0. The van der Waals surface area contributed by atoms with Gasteiger partial charge >= 0.3 is 0 Å². The Morgan fingerprint density at radius 1 is 1.27 bits per heavy atom. The highest BCUT2D eigenvalue weighted by Gasteiger charge is 2.37. The molecule has 1 amide bonds. The van der Waals surface area contributed by atoms with Gasteiger partial charge in [-0.05, 0) is 50.1 Å². The van der Waals surface area contributed by atoms with Crippen molar-refractivity contribution >= 4 is 22.9 Å². The monoisotopic (exact) mass is 372 g/mol. The number of rotatable bonds is 6. The Bertz CT molecular complexity index is 761. The maximum absolute atomic E-state index is 12.7. The molecule has 1 atom stereocenters. The lowest BCUT2D eigenvalue weighted by molar-refractivity contribution is 0.0943. The summed E-state index contributed by atoms with van der Waals surface area (Å²) in [6, 6.07) is 11.9. The van der Waals surface area contributed by atoms with Crippen LogP contribution in [0.25, 0.3) is 0 Å². The molecule has 0 spiro atoms. The number of thiophene rings is 1. The van der Waals surface area contributed by atoms with Crippen molar-refractivity contribution in [2.75, 3.05) is 25.5 Å². The maximum atomic E-state index is 12.7. The molecule has 1 aromatic heterocycles. The zero-order valence-corrected chi connectivity index (χ0v) is 16.6. The maximum Gasteiger partial charge on any atom is 0.251 e. The molecular formula is C21H28N2O2S. The summed E-state index contributed by atoms with van der Waals surface area (Å²) in [5.41, 5.74) is 1.72. The summed E-state index contributed by atoms with van der Waals surface area (Å²) in [5.74, 6) is -0.0210. The lowest BCUT2D eigenvalue weighted by atomic mass is 9.84. The van der Waals surface area contributed by atoms with Crippen molar-refractivity contribution < 1.29 is 9.90 Å². The van der Waals surface area contributed by atoms with Gasteiger partial charge in [-0.25, -0.2) is 0 Å². The van der Waals surface area contributed by atoms with Gasteiger partial charge in [-0.1, -0.05) is 18.9 Å². The molecule has 1 fully saturated rings. The van der Waals surface area contributed by atoms with Crippen LogP contribution in [0, 0.1) is 0 Å². The Morgan fingerprint density at radius 2 is 2.00 bits per heavy atom. The van der Waals surface area contributed by atoms with Crippen molar-refractivity contribution in [2.24, 2.45) is 0 Å². The first-order chi connectivity index (χ1) is 12.4. The van der Waals surface area contributed by atoms with Crippen LogP contribution in [0.3, 0.4) is 0 Å². The highest BCUT2D eigenvalue weighted by Crippen LogP contribution is 2.44. The number of aliphatic hydroxyl groups excluding tert-OH is 1. The molecule has 5 heteroatoms. The van der Waals surface area contributed by atoms with E-state index in [2.05, 4.69) is 11.4 Å². The van der Waals surface area contributed by atoms with E-state index < -0.39 is 6.10 Å². The lowest BCUT2D eigenvalue weighted by Gasteiger charge is -2.28. The second-order valence-electron chi connectivity index (χ2n) is 7.49. The quantitative estimate of drug-likeness (QED) is 0.802. The molecule has 1 aliphatic carbocycles. The normalized spacial score (nSPS) is 17.1. The second kappa shape index (κ2) is 7.80. The molecular weight excluding hydrogens is 344 g/mol. The third-order valence-electron chi connectivity index (χ3n) is 5.33. The highest BCUT2D eigenvalue weighted by molar-refractivity contribution is 7.12. The van der Waals surface area contributed by atoms with Gasteiger partial charge in [-0.3, -0.25) is 4.79 Å². The summed E-state index contributed by atoms with van der Waals surface area (Å²) in [4.78, 5) is 17.0. The van der Waals surface area contributed by atoms with Crippen molar-refractivity contribution in [1.29, 1.82) is 0 Å². The predicted octanol–water partition coefficient (Wildman–Crippen LogP) is 4.11. The molecule has 2 aromatic rings. The van der Waals surface area contributed by atoms with Crippen LogP contribution in [0.5, 0.6) is 0 Å². The van der Waals surface area contributed by atoms with Crippen LogP contribution in [-0.4, -0.2) is 31.7 Å². The number of amides is 1. The third-order valence-corrected chi connectivity index (χ3v) is 6.84. The van der Waals surface area contributed by atoms with Crippen LogP contribution in [0.15, 0.2) is 36.4 Å². The fourth-order valence-corrected chi connectivity index (χ4v) is 4.89. The first-order valence-corrected chi connectivity index (χ1v) is 10.1. The topological polar surface area (TPSA) is 52.6 Å². The van der Waals surface area contributed by atoms with Gasteiger partial charge < -0.3 is 15.3 Å². The first kappa shape index (κ1) is 18.9. The van der Waals surface area contributed by atoms with Gasteiger partial charge in [0.05, 0.1) is 6.10 Å². The van der Waals surface area contributed by atoms with Crippen LogP contribution < -0.4 is 10.2 Å². The first-order valence-electron chi connectivity index (χ1n) is 9.25. The highest BCUT2D eigenvalue weighted by atomic mass is 32.1. The van der Waals surface area contributed by atoms with E-state index in [0.717, 1.165) is 23.4 Å². The summed E-state index contributed by atoms with van der Waals surface area (Å²) < 4.78 is 0. The predicted molar refractivity (Wildman–Crippen MR) is 108 cm³/mol. The van der Waals surface area contributed by atoms with Crippen LogP contribution in [0.1, 0.15) is 58.8 Å². The van der Waals surface area contributed by atoms with Crippen molar-refractivity contribution in [2.45, 2.75) is 44.1 Å². The molecule has 3 rings (SSSR count). The van der Waals surface area contributed by atoms with E-state index in [1.54, 1.807) is 18.3 Å². The van der Waals surface area contributed by atoms with Gasteiger partial charge in [0.25, 0.3) is 5.91 Å². The van der Waals surface area contributed by atoms with Gasteiger partial charge in [-0.2, -0.15) is 0 Å². The minimum absolute atomic E-state index is 0.00657. The fourth-order valence-electron chi connectivity index (χ4n) is 3.70. The molecule has 1 aromatic carbocycles. The third kappa shape index (κ3) is 3.94. The zero-order chi connectivity index (χ0) is 18.7.